The van der Waals surface area contributed by atoms with Crippen molar-refractivity contribution in [2.75, 3.05) is 32.8 Å². The van der Waals surface area contributed by atoms with Crippen LogP contribution >= 0.6 is 15.9 Å². The fourth-order valence-corrected chi connectivity index (χ4v) is 3.35. The molecule has 0 aliphatic carbocycles. The Balaban J connectivity index is 1.77. The molecular weight excluding hydrogens is 380 g/mol. The number of carbonyl (C=O) groups is 1. The Morgan fingerprint density at radius 1 is 1.20 bits per heavy atom. The highest BCUT2D eigenvalue weighted by atomic mass is 79.9. The minimum atomic E-state index is -0.0554. The zero-order chi connectivity index (χ0) is 17.6. The molecule has 1 saturated heterocycles. The van der Waals surface area contributed by atoms with Crippen LogP contribution in [0.3, 0.4) is 0 Å². The number of benzene rings is 2. The number of ether oxygens (including phenoxy) is 1. The van der Waals surface area contributed by atoms with Crippen LogP contribution in [0, 0.1) is 6.92 Å². The summed E-state index contributed by atoms with van der Waals surface area (Å²) in [6, 6.07) is 15.8. The molecule has 1 aliphatic heterocycles. The Kier molecular flexibility index (Phi) is 6.24. The van der Waals surface area contributed by atoms with Crippen molar-refractivity contribution in [3.63, 3.8) is 0 Å². The first-order chi connectivity index (χ1) is 12.1. The summed E-state index contributed by atoms with van der Waals surface area (Å²) in [4.78, 5) is 15.1. The molecule has 25 heavy (non-hydrogen) atoms. The molecule has 1 N–H and O–H groups in total. The van der Waals surface area contributed by atoms with E-state index >= 15 is 0 Å². The van der Waals surface area contributed by atoms with Gasteiger partial charge in [-0.25, -0.2) is 0 Å². The molecule has 0 spiro atoms. The fraction of sp³-hybridized carbons (Fsp3) is 0.350. The molecule has 132 valence electrons. The van der Waals surface area contributed by atoms with Gasteiger partial charge in [0.15, 0.2) is 0 Å². The quantitative estimate of drug-likeness (QED) is 0.830. The van der Waals surface area contributed by atoms with Crippen LogP contribution in [0.4, 0.5) is 0 Å². The number of nitrogens with zero attached hydrogens (tertiary/aromatic N) is 1. The smallest absolute Gasteiger partial charge is 0.251 e. The van der Waals surface area contributed by atoms with E-state index in [4.69, 9.17) is 4.74 Å². The van der Waals surface area contributed by atoms with E-state index in [-0.39, 0.29) is 11.9 Å². The number of hydrogen-bond acceptors (Lipinski definition) is 3. The van der Waals surface area contributed by atoms with E-state index in [1.165, 1.54) is 5.56 Å². The zero-order valence-electron chi connectivity index (χ0n) is 14.4. The largest absolute Gasteiger partial charge is 0.379 e. The summed E-state index contributed by atoms with van der Waals surface area (Å²) in [5, 5.41) is 3.20. The maximum atomic E-state index is 12.7. The standard InChI is InChI=1S/C20H23BrN2O2/c1-15-5-7-16(8-6-15)19(14-23-9-11-25-12-10-23)22-20(24)17-3-2-4-18(21)13-17/h2-8,13,19H,9-12,14H2,1H3,(H,22,24)/t19-/m1/s1. The van der Waals surface area contributed by atoms with Crippen molar-refractivity contribution in [2.24, 2.45) is 0 Å². The maximum Gasteiger partial charge on any atom is 0.251 e. The van der Waals surface area contributed by atoms with E-state index in [9.17, 15) is 4.79 Å². The molecular formula is C20H23BrN2O2. The average Bonchev–Trinajstić information content (AvgIpc) is 2.62. The van der Waals surface area contributed by atoms with Gasteiger partial charge in [0.1, 0.15) is 0 Å². The fourth-order valence-electron chi connectivity index (χ4n) is 2.95. The van der Waals surface area contributed by atoms with Crippen LogP contribution in [0.25, 0.3) is 0 Å². The highest BCUT2D eigenvalue weighted by Gasteiger charge is 2.20. The van der Waals surface area contributed by atoms with Crippen molar-refractivity contribution < 1.29 is 9.53 Å². The Hall–Kier alpha value is -1.69. The highest BCUT2D eigenvalue weighted by Crippen LogP contribution is 2.18. The van der Waals surface area contributed by atoms with Gasteiger partial charge in [-0.15, -0.1) is 0 Å². The van der Waals surface area contributed by atoms with Crippen LogP contribution < -0.4 is 5.32 Å². The molecule has 1 amide bonds. The topological polar surface area (TPSA) is 41.6 Å². The van der Waals surface area contributed by atoms with Crippen molar-refractivity contribution in [3.8, 4) is 0 Å². The van der Waals surface area contributed by atoms with E-state index in [1.54, 1.807) is 0 Å². The third kappa shape index (κ3) is 5.14. The first-order valence-corrected chi connectivity index (χ1v) is 9.34. The van der Waals surface area contributed by atoms with Gasteiger partial charge in [0.05, 0.1) is 19.3 Å². The van der Waals surface area contributed by atoms with Gasteiger partial charge in [-0.1, -0.05) is 51.8 Å². The van der Waals surface area contributed by atoms with Gasteiger partial charge in [0.2, 0.25) is 0 Å². The second-order valence-corrected chi connectivity index (χ2v) is 7.28. The van der Waals surface area contributed by atoms with E-state index in [1.807, 2.05) is 24.3 Å². The molecule has 3 rings (SSSR count). The summed E-state index contributed by atoms with van der Waals surface area (Å²) >= 11 is 3.43. The van der Waals surface area contributed by atoms with Crippen LogP contribution in [0.5, 0.6) is 0 Å². The highest BCUT2D eigenvalue weighted by molar-refractivity contribution is 9.10. The molecule has 0 saturated carbocycles. The van der Waals surface area contributed by atoms with E-state index in [0.29, 0.717) is 5.56 Å². The third-order valence-corrected chi connectivity index (χ3v) is 4.91. The van der Waals surface area contributed by atoms with Crippen molar-refractivity contribution in [2.45, 2.75) is 13.0 Å². The summed E-state index contributed by atoms with van der Waals surface area (Å²) in [6.45, 7) is 6.15. The van der Waals surface area contributed by atoms with Gasteiger partial charge in [-0.3, -0.25) is 9.69 Å². The predicted molar refractivity (Wildman–Crippen MR) is 103 cm³/mol. The van der Waals surface area contributed by atoms with Crippen molar-refractivity contribution in [3.05, 3.63) is 69.7 Å². The zero-order valence-corrected chi connectivity index (χ0v) is 16.0. The third-order valence-electron chi connectivity index (χ3n) is 4.42. The van der Waals surface area contributed by atoms with Gasteiger partial charge >= 0.3 is 0 Å². The molecule has 0 bridgehead atoms. The predicted octanol–water partition coefficient (Wildman–Crippen LogP) is 3.56. The summed E-state index contributed by atoms with van der Waals surface area (Å²) in [7, 11) is 0. The van der Waals surface area contributed by atoms with E-state index in [0.717, 1.165) is 42.9 Å². The average molecular weight is 403 g/mol. The van der Waals surface area contributed by atoms with Crippen LogP contribution in [-0.2, 0) is 4.74 Å². The molecule has 2 aromatic rings. The Morgan fingerprint density at radius 2 is 1.92 bits per heavy atom. The number of rotatable bonds is 5. The lowest BCUT2D eigenvalue weighted by atomic mass is 10.0. The van der Waals surface area contributed by atoms with Gasteiger partial charge in [-0.05, 0) is 30.7 Å². The normalized spacial score (nSPS) is 16.4. The second-order valence-electron chi connectivity index (χ2n) is 6.36. The van der Waals surface area contributed by atoms with Gasteiger partial charge in [0.25, 0.3) is 5.91 Å². The molecule has 5 heteroatoms. The Labute approximate surface area is 157 Å². The molecule has 1 heterocycles. The maximum absolute atomic E-state index is 12.7. The lowest BCUT2D eigenvalue weighted by Gasteiger charge is -2.31. The molecule has 0 radical (unpaired) electrons. The second kappa shape index (κ2) is 8.61. The minimum Gasteiger partial charge on any atom is -0.379 e. The molecule has 0 unspecified atom stereocenters. The Bertz CT molecular complexity index is 712. The van der Waals surface area contributed by atoms with Crippen molar-refractivity contribution in [1.82, 2.24) is 10.2 Å². The van der Waals surface area contributed by atoms with Gasteiger partial charge in [-0.2, -0.15) is 0 Å². The van der Waals surface area contributed by atoms with Crippen LogP contribution in [0.1, 0.15) is 27.5 Å². The molecule has 1 aliphatic rings. The van der Waals surface area contributed by atoms with Crippen LogP contribution in [0.2, 0.25) is 0 Å². The molecule has 2 aromatic carbocycles. The first-order valence-electron chi connectivity index (χ1n) is 8.55. The molecule has 4 nitrogen and oxygen atoms in total. The number of nitrogens with one attached hydrogen (secondary N) is 1. The van der Waals surface area contributed by atoms with Gasteiger partial charge < -0.3 is 10.1 Å². The Morgan fingerprint density at radius 3 is 2.60 bits per heavy atom. The van der Waals surface area contributed by atoms with E-state index < -0.39 is 0 Å². The number of halogens is 1. The summed E-state index contributed by atoms with van der Waals surface area (Å²) in [6.07, 6.45) is 0. The van der Waals surface area contributed by atoms with Crippen molar-refractivity contribution in [1.29, 1.82) is 0 Å². The summed E-state index contributed by atoms with van der Waals surface area (Å²) in [5.41, 5.74) is 3.00. The van der Waals surface area contributed by atoms with Gasteiger partial charge in [0, 0.05) is 29.7 Å². The molecule has 1 atom stereocenters. The number of carbonyl (C=O) groups excluding carboxylic acids is 1. The SMILES string of the molecule is Cc1ccc([C@@H](CN2CCOCC2)NC(=O)c2cccc(Br)c2)cc1. The summed E-state index contributed by atoms with van der Waals surface area (Å²) < 4.78 is 6.34. The number of morpholine rings is 1. The monoisotopic (exact) mass is 402 g/mol. The lowest BCUT2D eigenvalue weighted by Crippen LogP contribution is -2.43. The first kappa shape index (κ1) is 18.1. The minimum absolute atomic E-state index is 0.0508. The van der Waals surface area contributed by atoms with Crippen molar-refractivity contribution >= 4 is 21.8 Å². The molecule has 0 aromatic heterocycles. The number of hydrogen-bond donors (Lipinski definition) is 1. The van der Waals surface area contributed by atoms with Crippen LogP contribution in [0.15, 0.2) is 53.0 Å². The summed E-state index contributed by atoms with van der Waals surface area (Å²) in [5.74, 6) is -0.0554. The van der Waals surface area contributed by atoms with E-state index in [2.05, 4.69) is 57.3 Å². The number of amides is 1. The molecule has 1 fully saturated rings. The number of aryl methyl sites for hydroxylation is 1. The van der Waals surface area contributed by atoms with Crippen LogP contribution in [-0.4, -0.2) is 43.7 Å². The lowest BCUT2D eigenvalue weighted by molar-refractivity contribution is 0.0332.